The summed E-state index contributed by atoms with van der Waals surface area (Å²) < 4.78 is 41.2. The molecule has 1 amide bonds. The average Bonchev–Trinajstić information content (AvgIpc) is 3.88. The Labute approximate surface area is 314 Å². The molecule has 4 aromatic carbocycles. The van der Waals surface area contributed by atoms with E-state index in [1.165, 1.54) is 20.3 Å². The molecule has 0 spiro atoms. The van der Waals surface area contributed by atoms with E-state index in [0.29, 0.717) is 46.6 Å². The highest BCUT2D eigenvalue weighted by atomic mass is 19.1. The van der Waals surface area contributed by atoms with E-state index in [1.54, 1.807) is 34.6 Å². The van der Waals surface area contributed by atoms with Crippen molar-refractivity contribution in [3.8, 4) is 57.3 Å². The Balaban J connectivity index is 1.15. The predicted molar refractivity (Wildman–Crippen MR) is 202 cm³/mol. The van der Waals surface area contributed by atoms with Gasteiger partial charge in [-0.2, -0.15) is 0 Å². The lowest BCUT2D eigenvalue weighted by Crippen LogP contribution is -2.60. The van der Waals surface area contributed by atoms with Gasteiger partial charge in [-0.05, 0) is 75.2 Å². The van der Waals surface area contributed by atoms with Gasteiger partial charge in [0.2, 0.25) is 23.7 Å². The van der Waals surface area contributed by atoms with Gasteiger partial charge in [0.05, 0.1) is 48.5 Å². The van der Waals surface area contributed by atoms with Crippen LogP contribution in [0.2, 0.25) is 0 Å². The number of nitrogens with one attached hydrogen (secondary N) is 1. The number of hydrogen-bond donors (Lipinski definition) is 4. The molecule has 3 aliphatic rings. The minimum absolute atomic E-state index is 0.00188. The van der Waals surface area contributed by atoms with Crippen LogP contribution in [0.3, 0.4) is 0 Å². The number of fused-ring (bicyclic) bond motifs is 2. The van der Waals surface area contributed by atoms with Crippen molar-refractivity contribution in [3.05, 3.63) is 59.9 Å². The summed E-state index contributed by atoms with van der Waals surface area (Å²) >= 11 is 0. The number of nitrogens with zero attached hydrogens (tertiary/aromatic N) is 5. The van der Waals surface area contributed by atoms with Crippen LogP contribution in [-0.4, -0.2) is 87.5 Å². The lowest BCUT2D eigenvalue weighted by Gasteiger charge is -2.47. The van der Waals surface area contributed by atoms with Crippen LogP contribution in [0.1, 0.15) is 31.7 Å². The molecule has 3 saturated heterocycles. The zero-order chi connectivity index (χ0) is 38.3. The molecule has 0 radical (unpaired) electrons. The number of methoxy groups -OCH3 is 2. The molecule has 0 bridgehead atoms. The number of aromatic amines is 1. The first-order valence-electron chi connectivity index (χ1n) is 18.1. The zero-order valence-corrected chi connectivity index (χ0v) is 30.6. The molecule has 2 atom stereocenters. The molecule has 14 nitrogen and oxygen atoms in total. The van der Waals surface area contributed by atoms with Gasteiger partial charge in [0.25, 0.3) is 0 Å². The largest absolute Gasteiger partial charge is 0.502 e. The monoisotopic (exact) mass is 750 g/mol. The van der Waals surface area contributed by atoms with E-state index in [-0.39, 0.29) is 46.9 Å². The van der Waals surface area contributed by atoms with Crippen molar-refractivity contribution in [2.24, 2.45) is 0 Å². The number of amides is 1. The summed E-state index contributed by atoms with van der Waals surface area (Å²) in [5.41, 5.74) is 4.36. The highest BCUT2D eigenvalue weighted by molar-refractivity contribution is 5.97. The van der Waals surface area contributed by atoms with Crippen molar-refractivity contribution in [2.45, 2.75) is 44.9 Å². The van der Waals surface area contributed by atoms with Gasteiger partial charge in [-0.1, -0.05) is 0 Å². The number of rotatable bonds is 9. The van der Waals surface area contributed by atoms with E-state index in [4.69, 9.17) is 28.9 Å². The first-order valence-corrected chi connectivity index (χ1v) is 18.1. The maximum absolute atomic E-state index is 16.0. The molecule has 3 fully saturated rings. The number of aromatic hydroxyl groups is 3. The number of phenolic OH excluding ortho intramolecular Hbond substituents is 3. The van der Waals surface area contributed by atoms with Crippen LogP contribution in [0.5, 0.6) is 34.5 Å². The smallest absolute Gasteiger partial charge is 0.227 e. The van der Waals surface area contributed by atoms with Gasteiger partial charge in [-0.3, -0.25) is 4.79 Å². The second-order valence-corrected chi connectivity index (χ2v) is 14.4. The molecule has 55 heavy (non-hydrogen) atoms. The summed E-state index contributed by atoms with van der Waals surface area (Å²) in [6.45, 7) is 6.33. The number of carbonyl (C=O) groups is 1. The normalized spacial score (nSPS) is 19.6. The Morgan fingerprint density at radius 2 is 1.62 bits per heavy atom. The van der Waals surface area contributed by atoms with Crippen molar-refractivity contribution in [2.75, 3.05) is 50.3 Å². The quantitative estimate of drug-likeness (QED) is 0.122. The number of anilines is 2. The van der Waals surface area contributed by atoms with Gasteiger partial charge in [0, 0.05) is 48.6 Å². The Kier molecular flexibility index (Phi) is 7.97. The average molecular weight is 751 g/mol. The molecule has 3 aliphatic heterocycles. The number of benzene rings is 4. The van der Waals surface area contributed by atoms with E-state index >= 15 is 4.39 Å². The van der Waals surface area contributed by atoms with Gasteiger partial charge in [-0.25, -0.2) is 14.4 Å². The fourth-order valence-corrected chi connectivity index (χ4v) is 7.77. The van der Waals surface area contributed by atoms with Crippen LogP contribution in [-0.2, 0) is 15.1 Å². The molecule has 5 heterocycles. The third-order valence-electron chi connectivity index (χ3n) is 11.1. The summed E-state index contributed by atoms with van der Waals surface area (Å²) in [6.07, 6.45) is 1.28. The van der Waals surface area contributed by atoms with Gasteiger partial charge < -0.3 is 53.6 Å². The minimum atomic E-state index is -1.11. The van der Waals surface area contributed by atoms with E-state index in [9.17, 15) is 20.1 Å². The second kappa shape index (κ2) is 12.7. The maximum Gasteiger partial charge on any atom is 0.227 e. The standard InChI is InChI=1S/C40H39FN6O8/c1-20-23(37-42-25-10-8-21(15-26(25)43-37)45-12-6-13-45)17-30(53-4)34(50)36(20)55-39-40(2,19-54-39)47-28-11-9-22(46-14-5-7-31(46)48)16-27(28)44-38(47)24-18-29(52-3)33(49)35(51)32(24)41/h8-11,15-18,39,49-51H,5-7,12-14,19H2,1-4H3,(H,42,43). The molecule has 2 unspecified atom stereocenters. The third kappa shape index (κ3) is 5.28. The van der Waals surface area contributed by atoms with Gasteiger partial charge in [0.15, 0.2) is 28.8 Å². The lowest BCUT2D eigenvalue weighted by molar-refractivity contribution is -0.254. The number of H-pyrrole nitrogens is 1. The Morgan fingerprint density at radius 3 is 2.29 bits per heavy atom. The van der Waals surface area contributed by atoms with Crippen LogP contribution in [0.4, 0.5) is 15.8 Å². The third-order valence-corrected chi connectivity index (χ3v) is 11.1. The summed E-state index contributed by atoms with van der Waals surface area (Å²) in [5.74, 6) is -2.37. The van der Waals surface area contributed by atoms with Crippen molar-refractivity contribution < 1.29 is 43.5 Å². The van der Waals surface area contributed by atoms with Crippen LogP contribution < -0.4 is 24.0 Å². The molecule has 284 valence electrons. The highest BCUT2D eigenvalue weighted by Gasteiger charge is 2.51. The van der Waals surface area contributed by atoms with Crippen molar-refractivity contribution in [1.82, 2.24) is 19.5 Å². The SMILES string of the molecule is COc1cc(-c2nc3cc(N4CCCC4=O)ccc3n2C2(C)COC2Oc2c(C)c(-c3nc4cc(N5CCC5)ccc4[nH]3)cc(OC)c2O)c(F)c(O)c1O. The van der Waals surface area contributed by atoms with E-state index < -0.39 is 29.1 Å². The second-order valence-electron chi connectivity index (χ2n) is 14.4. The predicted octanol–water partition coefficient (Wildman–Crippen LogP) is 6.32. The van der Waals surface area contributed by atoms with Crippen molar-refractivity contribution in [1.29, 1.82) is 0 Å². The first-order chi connectivity index (χ1) is 26.5. The highest BCUT2D eigenvalue weighted by Crippen LogP contribution is 2.50. The fraction of sp³-hybridized carbons (Fsp3) is 0.325. The minimum Gasteiger partial charge on any atom is -0.502 e. The number of aromatic nitrogens is 4. The Hall–Kier alpha value is -6.22. The maximum atomic E-state index is 16.0. The molecular formula is C40H39FN6O8. The van der Waals surface area contributed by atoms with Gasteiger partial charge >= 0.3 is 0 Å². The van der Waals surface area contributed by atoms with E-state index in [1.807, 2.05) is 19.1 Å². The zero-order valence-electron chi connectivity index (χ0n) is 30.6. The number of hydrogen-bond acceptors (Lipinski definition) is 11. The molecular weight excluding hydrogens is 711 g/mol. The van der Waals surface area contributed by atoms with E-state index in [0.717, 1.165) is 42.7 Å². The van der Waals surface area contributed by atoms with Gasteiger partial charge in [-0.15, -0.1) is 0 Å². The Bertz CT molecular complexity index is 2550. The molecule has 9 rings (SSSR count). The number of carbonyl (C=O) groups excluding carboxylic acids is 1. The van der Waals surface area contributed by atoms with Crippen LogP contribution in [0.15, 0.2) is 48.5 Å². The van der Waals surface area contributed by atoms with Crippen molar-refractivity contribution in [3.63, 3.8) is 0 Å². The summed E-state index contributed by atoms with van der Waals surface area (Å²) in [6, 6.07) is 14.4. The molecule has 2 aromatic heterocycles. The summed E-state index contributed by atoms with van der Waals surface area (Å²) in [7, 11) is 2.74. The fourth-order valence-electron chi connectivity index (χ4n) is 7.77. The number of imidazole rings is 2. The molecule has 0 saturated carbocycles. The number of halogens is 1. The summed E-state index contributed by atoms with van der Waals surface area (Å²) in [5, 5.41) is 32.5. The van der Waals surface area contributed by atoms with Crippen LogP contribution in [0.25, 0.3) is 44.8 Å². The lowest BCUT2D eigenvalue weighted by atomic mass is 9.95. The van der Waals surface area contributed by atoms with Gasteiger partial charge in [0.1, 0.15) is 17.2 Å². The first kappa shape index (κ1) is 34.5. The number of ether oxygens (including phenoxy) is 4. The molecule has 4 N–H and O–H groups in total. The number of phenols is 3. The van der Waals surface area contributed by atoms with Crippen LogP contribution >= 0.6 is 0 Å². The van der Waals surface area contributed by atoms with Crippen molar-refractivity contribution >= 4 is 39.3 Å². The molecule has 0 aliphatic carbocycles. The Morgan fingerprint density at radius 1 is 0.891 bits per heavy atom. The van der Waals surface area contributed by atoms with E-state index in [2.05, 4.69) is 22.0 Å². The van der Waals surface area contributed by atoms with Crippen LogP contribution in [0, 0.1) is 12.7 Å². The molecule has 15 heteroatoms. The topological polar surface area (TPSA) is 168 Å². The molecule has 6 aromatic rings. The summed E-state index contributed by atoms with van der Waals surface area (Å²) in [4.78, 5) is 29.8.